The monoisotopic (exact) mass is 528 g/mol. The van der Waals surface area contributed by atoms with Crippen LogP contribution in [-0.4, -0.2) is 31.7 Å². The second kappa shape index (κ2) is 11.6. The Morgan fingerprint density at radius 2 is 1.48 bits per heavy atom. The molecule has 5 nitrogen and oxygen atoms in total. The summed E-state index contributed by atoms with van der Waals surface area (Å²) in [6, 6.07) is 22.1. The molecule has 33 heavy (non-hydrogen) atoms. The van der Waals surface area contributed by atoms with Crippen molar-refractivity contribution in [2.24, 2.45) is 0 Å². The van der Waals surface area contributed by atoms with Gasteiger partial charge in [0.25, 0.3) is 0 Å². The Morgan fingerprint density at radius 3 is 2.06 bits per heavy atom. The fourth-order valence-electron chi connectivity index (χ4n) is 3.68. The fraction of sp³-hybridized carbons (Fsp3) is 0.269. The van der Waals surface area contributed by atoms with Crippen molar-refractivity contribution in [3.63, 3.8) is 0 Å². The van der Waals surface area contributed by atoms with E-state index in [4.69, 9.17) is 0 Å². The van der Waals surface area contributed by atoms with Crippen molar-refractivity contribution in [3.8, 4) is 0 Å². The molecule has 1 N–H and O–H groups in total. The van der Waals surface area contributed by atoms with E-state index in [1.807, 2.05) is 62.4 Å². The van der Waals surface area contributed by atoms with E-state index in [1.54, 1.807) is 24.3 Å². The number of benzene rings is 3. The van der Waals surface area contributed by atoms with Crippen LogP contribution in [0.1, 0.15) is 30.5 Å². The van der Waals surface area contributed by atoms with Crippen LogP contribution in [0.2, 0.25) is 0 Å². The number of hydrogen-bond donors (Lipinski definition) is 1. The molecule has 0 saturated carbocycles. The van der Waals surface area contributed by atoms with Crippen LogP contribution in [-0.2, 0) is 34.1 Å². The van der Waals surface area contributed by atoms with E-state index in [2.05, 4.69) is 21.2 Å². The Hall–Kier alpha value is -2.48. The largest absolute Gasteiger partial charge is 0.324 e. The summed E-state index contributed by atoms with van der Waals surface area (Å²) in [5.74, 6) is -0.348. The van der Waals surface area contributed by atoms with Crippen molar-refractivity contribution in [1.82, 2.24) is 4.31 Å². The zero-order valence-corrected chi connectivity index (χ0v) is 21.3. The summed E-state index contributed by atoms with van der Waals surface area (Å²) in [6.07, 6.45) is 2.06. The highest BCUT2D eigenvalue weighted by Gasteiger charge is 2.27. The normalized spacial score (nSPS) is 11.5. The molecule has 0 radical (unpaired) electrons. The molecule has 0 aliphatic rings. The van der Waals surface area contributed by atoms with Crippen LogP contribution >= 0.6 is 15.9 Å². The lowest BCUT2D eigenvalue weighted by Crippen LogP contribution is -2.39. The van der Waals surface area contributed by atoms with Crippen molar-refractivity contribution in [3.05, 3.63) is 94.0 Å². The zero-order chi connectivity index (χ0) is 23.8. The van der Waals surface area contributed by atoms with Gasteiger partial charge in [0, 0.05) is 16.7 Å². The Labute approximate surface area is 205 Å². The summed E-state index contributed by atoms with van der Waals surface area (Å²) in [6.45, 7) is 4.02. The van der Waals surface area contributed by atoms with Gasteiger partial charge < -0.3 is 5.32 Å². The van der Waals surface area contributed by atoms with Gasteiger partial charge in [-0.25, -0.2) is 8.42 Å². The summed E-state index contributed by atoms with van der Waals surface area (Å²) >= 11 is 3.34. The molecule has 0 bridgehead atoms. The molecular formula is C26H29BrN2O3S. The summed E-state index contributed by atoms with van der Waals surface area (Å²) in [4.78, 5) is 13.2. The first kappa shape index (κ1) is 25.1. The summed E-state index contributed by atoms with van der Waals surface area (Å²) in [5.41, 5.74) is 3.87. The quantitative estimate of drug-likeness (QED) is 0.380. The third-order valence-electron chi connectivity index (χ3n) is 5.53. The number of para-hydroxylation sites is 1. The van der Waals surface area contributed by atoms with Gasteiger partial charge in [0.15, 0.2) is 0 Å². The second-order valence-electron chi connectivity index (χ2n) is 7.73. The summed E-state index contributed by atoms with van der Waals surface area (Å²) < 4.78 is 28.9. The smallest absolute Gasteiger partial charge is 0.243 e. The van der Waals surface area contributed by atoms with Gasteiger partial charge in [-0.2, -0.15) is 4.31 Å². The number of hydrogen-bond acceptors (Lipinski definition) is 3. The Balaban J connectivity index is 1.86. The van der Waals surface area contributed by atoms with Crippen LogP contribution < -0.4 is 5.32 Å². The first-order valence-corrected chi connectivity index (χ1v) is 13.3. The Morgan fingerprint density at radius 1 is 0.879 bits per heavy atom. The van der Waals surface area contributed by atoms with Gasteiger partial charge in [-0.3, -0.25) is 4.79 Å². The Bertz CT molecular complexity index is 1160. The van der Waals surface area contributed by atoms with Gasteiger partial charge >= 0.3 is 0 Å². The maximum Gasteiger partial charge on any atom is 0.243 e. The highest BCUT2D eigenvalue weighted by Crippen LogP contribution is 2.24. The number of carbonyl (C=O) groups excluding carboxylic acids is 1. The fourth-order valence-corrected chi connectivity index (χ4v) is 5.34. The van der Waals surface area contributed by atoms with Gasteiger partial charge in [0.1, 0.15) is 0 Å². The molecule has 174 valence electrons. The number of sulfonamides is 1. The van der Waals surface area contributed by atoms with Gasteiger partial charge in [-0.1, -0.05) is 78.3 Å². The van der Waals surface area contributed by atoms with Crippen LogP contribution in [0.5, 0.6) is 0 Å². The van der Waals surface area contributed by atoms with Crippen LogP contribution in [0, 0.1) is 0 Å². The molecule has 7 heteroatoms. The van der Waals surface area contributed by atoms with Gasteiger partial charge in [0.05, 0.1) is 11.4 Å². The Kier molecular flexibility index (Phi) is 8.83. The molecule has 0 aromatic heterocycles. The van der Waals surface area contributed by atoms with Crippen molar-refractivity contribution < 1.29 is 13.2 Å². The first-order chi connectivity index (χ1) is 15.8. The molecule has 0 atom stereocenters. The van der Waals surface area contributed by atoms with E-state index in [-0.39, 0.29) is 23.9 Å². The molecule has 1 amide bonds. The minimum Gasteiger partial charge on any atom is -0.324 e. The average molecular weight is 530 g/mol. The lowest BCUT2D eigenvalue weighted by molar-refractivity contribution is -0.116. The van der Waals surface area contributed by atoms with Gasteiger partial charge in [0.2, 0.25) is 15.9 Å². The highest BCUT2D eigenvalue weighted by molar-refractivity contribution is 9.10. The molecule has 3 rings (SSSR count). The van der Waals surface area contributed by atoms with E-state index in [0.29, 0.717) is 6.42 Å². The number of nitrogens with one attached hydrogen (secondary N) is 1. The highest BCUT2D eigenvalue weighted by atomic mass is 79.9. The maximum absolute atomic E-state index is 13.4. The number of aryl methyl sites for hydroxylation is 2. The molecule has 0 fully saturated rings. The van der Waals surface area contributed by atoms with Crippen molar-refractivity contribution in [1.29, 1.82) is 0 Å². The number of anilines is 1. The van der Waals surface area contributed by atoms with Gasteiger partial charge in [-0.05, 0) is 60.2 Å². The maximum atomic E-state index is 13.4. The predicted molar refractivity (Wildman–Crippen MR) is 137 cm³/mol. The molecule has 0 aliphatic carbocycles. The zero-order valence-electron chi connectivity index (χ0n) is 18.9. The third kappa shape index (κ3) is 6.53. The van der Waals surface area contributed by atoms with Crippen molar-refractivity contribution >= 4 is 37.5 Å². The van der Waals surface area contributed by atoms with Crippen LogP contribution in [0.3, 0.4) is 0 Å². The lowest BCUT2D eigenvalue weighted by atomic mass is 10.0. The van der Waals surface area contributed by atoms with E-state index < -0.39 is 10.0 Å². The summed E-state index contributed by atoms with van der Waals surface area (Å²) in [7, 11) is -3.86. The van der Waals surface area contributed by atoms with Crippen molar-refractivity contribution in [2.45, 2.75) is 38.0 Å². The van der Waals surface area contributed by atoms with E-state index in [9.17, 15) is 13.2 Å². The van der Waals surface area contributed by atoms with Crippen LogP contribution in [0.15, 0.2) is 82.2 Å². The average Bonchev–Trinajstić information content (AvgIpc) is 2.82. The van der Waals surface area contributed by atoms with Crippen molar-refractivity contribution in [2.75, 3.05) is 18.4 Å². The molecule has 0 aliphatic heterocycles. The van der Waals surface area contributed by atoms with Crippen LogP contribution in [0.25, 0.3) is 0 Å². The molecule has 0 saturated heterocycles. The number of rotatable bonds is 10. The molecular weight excluding hydrogens is 500 g/mol. The standard InChI is InChI=1S/C26H29BrN2O3S/c1-3-21-11-8-12-22(4-2)26(21)28-25(30)19-29(18-17-20-9-6-5-7-10-20)33(31,32)24-15-13-23(27)14-16-24/h5-16H,3-4,17-19H2,1-2H3,(H,28,30). The minimum absolute atomic E-state index is 0.162. The number of halogens is 1. The SMILES string of the molecule is CCc1cccc(CC)c1NC(=O)CN(CCc1ccccc1)S(=O)(=O)c1ccc(Br)cc1. The second-order valence-corrected chi connectivity index (χ2v) is 10.6. The predicted octanol–water partition coefficient (Wildman–Crippen LogP) is 5.45. The summed E-state index contributed by atoms with van der Waals surface area (Å²) in [5, 5.41) is 2.99. The first-order valence-electron chi connectivity index (χ1n) is 11.1. The molecule has 3 aromatic carbocycles. The minimum atomic E-state index is -3.86. The molecule has 0 heterocycles. The molecule has 3 aromatic rings. The topological polar surface area (TPSA) is 66.5 Å². The van der Waals surface area contributed by atoms with E-state index in [1.165, 1.54) is 4.31 Å². The van der Waals surface area contributed by atoms with E-state index in [0.717, 1.165) is 39.7 Å². The van der Waals surface area contributed by atoms with Crippen LogP contribution in [0.4, 0.5) is 5.69 Å². The third-order valence-corrected chi connectivity index (χ3v) is 7.92. The van der Waals surface area contributed by atoms with E-state index >= 15 is 0 Å². The number of carbonyl (C=O) groups is 1. The molecule has 0 unspecified atom stereocenters. The number of amides is 1. The number of nitrogens with zero attached hydrogens (tertiary/aromatic N) is 1. The van der Waals surface area contributed by atoms with Gasteiger partial charge in [-0.15, -0.1) is 0 Å². The molecule has 0 spiro atoms. The lowest BCUT2D eigenvalue weighted by Gasteiger charge is -2.23.